The van der Waals surface area contributed by atoms with E-state index in [1.54, 1.807) is 0 Å². The first-order valence-corrected chi connectivity index (χ1v) is 9.52. The summed E-state index contributed by atoms with van der Waals surface area (Å²) in [4.78, 5) is 23.4. The molecular weight excluding hydrogens is 367 g/mol. The average molecular weight is 395 g/mol. The van der Waals surface area contributed by atoms with Crippen LogP contribution in [0.2, 0.25) is 0 Å². The summed E-state index contributed by atoms with van der Waals surface area (Å²) < 4.78 is 40.6. The average Bonchev–Trinajstić information content (AvgIpc) is 2.60. The fraction of sp³-hybridized carbons (Fsp3) is 0.882. The SMILES string of the molecule is O=C(NNC1CCC(OC(F)(F)F)CC1)NC(CC1CCCCC1)C(=O)O. The van der Waals surface area contributed by atoms with Crippen molar-refractivity contribution in [1.82, 2.24) is 16.2 Å². The smallest absolute Gasteiger partial charge is 0.480 e. The normalized spacial score (nSPS) is 25.6. The van der Waals surface area contributed by atoms with E-state index in [9.17, 15) is 27.9 Å². The van der Waals surface area contributed by atoms with Crippen LogP contribution in [0.4, 0.5) is 18.0 Å². The third-order valence-corrected chi connectivity index (χ3v) is 5.26. The Morgan fingerprint density at radius 1 is 1.04 bits per heavy atom. The number of nitrogens with one attached hydrogen (secondary N) is 3. The standard InChI is InChI=1S/C17H28F3N3O4/c18-17(19,20)27-13-8-6-12(7-9-13)22-23-16(26)21-14(15(24)25)10-11-4-2-1-3-5-11/h11-14,22H,1-10H2,(H,24,25)(H2,21,23,26). The van der Waals surface area contributed by atoms with Gasteiger partial charge in [0.1, 0.15) is 6.04 Å². The van der Waals surface area contributed by atoms with E-state index >= 15 is 0 Å². The molecule has 2 saturated carbocycles. The van der Waals surface area contributed by atoms with Crippen LogP contribution >= 0.6 is 0 Å². The van der Waals surface area contributed by atoms with Crippen molar-refractivity contribution in [2.75, 3.05) is 0 Å². The number of carbonyl (C=O) groups excluding carboxylic acids is 1. The Morgan fingerprint density at radius 3 is 2.22 bits per heavy atom. The first-order valence-electron chi connectivity index (χ1n) is 9.52. The minimum Gasteiger partial charge on any atom is -0.480 e. The van der Waals surface area contributed by atoms with Gasteiger partial charge in [-0.1, -0.05) is 32.1 Å². The van der Waals surface area contributed by atoms with Crippen molar-refractivity contribution in [3.63, 3.8) is 0 Å². The molecule has 156 valence electrons. The summed E-state index contributed by atoms with van der Waals surface area (Å²) in [5, 5.41) is 11.8. The number of alkyl halides is 3. The largest absolute Gasteiger partial charge is 0.522 e. The number of carboxylic acid groups (broad SMARTS) is 1. The molecular formula is C17H28F3N3O4. The van der Waals surface area contributed by atoms with Gasteiger partial charge >= 0.3 is 18.4 Å². The molecule has 0 aromatic carbocycles. The lowest BCUT2D eigenvalue weighted by molar-refractivity contribution is -0.345. The van der Waals surface area contributed by atoms with Crippen molar-refractivity contribution in [3.8, 4) is 0 Å². The van der Waals surface area contributed by atoms with Gasteiger partial charge in [-0.2, -0.15) is 0 Å². The summed E-state index contributed by atoms with van der Waals surface area (Å²) in [6.07, 6.45) is 1.54. The number of halogens is 3. The van der Waals surface area contributed by atoms with E-state index < -0.39 is 30.5 Å². The molecule has 0 bridgehead atoms. The highest BCUT2D eigenvalue weighted by atomic mass is 19.4. The number of hydrogen-bond donors (Lipinski definition) is 4. The zero-order valence-corrected chi connectivity index (χ0v) is 15.2. The first-order chi connectivity index (χ1) is 12.7. The Hall–Kier alpha value is -1.55. The van der Waals surface area contributed by atoms with Crippen LogP contribution in [0.1, 0.15) is 64.2 Å². The van der Waals surface area contributed by atoms with Crippen LogP contribution in [0.5, 0.6) is 0 Å². The molecule has 7 nitrogen and oxygen atoms in total. The molecule has 1 unspecified atom stereocenters. The lowest BCUT2D eigenvalue weighted by atomic mass is 9.85. The van der Waals surface area contributed by atoms with Crippen LogP contribution in [0.3, 0.4) is 0 Å². The highest BCUT2D eigenvalue weighted by molar-refractivity contribution is 5.82. The zero-order chi connectivity index (χ0) is 19.9. The number of urea groups is 1. The maximum absolute atomic E-state index is 12.2. The third-order valence-electron chi connectivity index (χ3n) is 5.26. The Morgan fingerprint density at radius 2 is 1.67 bits per heavy atom. The molecule has 2 amide bonds. The van der Waals surface area contributed by atoms with E-state index in [2.05, 4.69) is 20.9 Å². The Bertz CT molecular complexity index is 490. The maximum Gasteiger partial charge on any atom is 0.522 e. The molecule has 2 aliphatic carbocycles. The summed E-state index contributed by atoms with van der Waals surface area (Å²) in [7, 11) is 0. The zero-order valence-electron chi connectivity index (χ0n) is 15.2. The quantitative estimate of drug-likeness (QED) is 0.497. The monoisotopic (exact) mass is 395 g/mol. The van der Waals surface area contributed by atoms with Crippen LogP contribution in [0.15, 0.2) is 0 Å². The van der Waals surface area contributed by atoms with E-state index in [1.165, 1.54) is 6.42 Å². The van der Waals surface area contributed by atoms with Gasteiger partial charge in [0.15, 0.2) is 0 Å². The molecule has 10 heteroatoms. The van der Waals surface area contributed by atoms with Gasteiger partial charge in [0.25, 0.3) is 0 Å². The number of carbonyl (C=O) groups is 2. The summed E-state index contributed by atoms with van der Waals surface area (Å²) in [5.41, 5.74) is 5.17. The molecule has 2 fully saturated rings. The Labute approximate surface area is 156 Å². The molecule has 0 aliphatic heterocycles. The third kappa shape index (κ3) is 8.34. The van der Waals surface area contributed by atoms with Gasteiger partial charge < -0.3 is 10.4 Å². The second-order valence-electron chi connectivity index (χ2n) is 7.41. The molecule has 2 rings (SSSR count). The first kappa shape index (κ1) is 21.7. The van der Waals surface area contributed by atoms with Crippen molar-refractivity contribution >= 4 is 12.0 Å². The summed E-state index contributed by atoms with van der Waals surface area (Å²) in [6.45, 7) is 0. The summed E-state index contributed by atoms with van der Waals surface area (Å²) in [5.74, 6) is -0.766. The molecule has 0 aromatic rings. The number of ether oxygens (including phenoxy) is 1. The van der Waals surface area contributed by atoms with Crippen LogP contribution in [0, 0.1) is 5.92 Å². The van der Waals surface area contributed by atoms with Gasteiger partial charge in [-0.25, -0.2) is 15.0 Å². The highest BCUT2D eigenvalue weighted by Gasteiger charge is 2.35. The predicted octanol–water partition coefficient (Wildman–Crippen LogP) is 3.06. The fourth-order valence-electron chi connectivity index (χ4n) is 3.85. The molecule has 2 aliphatic rings. The summed E-state index contributed by atoms with van der Waals surface area (Å²) >= 11 is 0. The highest BCUT2D eigenvalue weighted by Crippen LogP contribution is 2.28. The van der Waals surface area contributed by atoms with E-state index in [0.29, 0.717) is 25.2 Å². The number of hydrazine groups is 1. The van der Waals surface area contributed by atoms with Gasteiger partial charge in [-0.15, -0.1) is 13.2 Å². The van der Waals surface area contributed by atoms with Crippen molar-refractivity contribution in [2.45, 2.75) is 88.8 Å². The van der Waals surface area contributed by atoms with Gasteiger partial charge in [0.05, 0.1) is 6.10 Å². The van der Waals surface area contributed by atoms with Crippen molar-refractivity contribution < 1.29 is 32.6 Å². The lowest BCUT2D eigenvalue weighted by Crippen LogP contribution is -2.54. The van der Waals surface area contributed by atoms with Crippen LogP contribution in [-0.2, 0) is 9.53 Å². The molecule has 4 N–H and O–H groups in total. The van der Waals surface area contributed by atoms with E-state index in [0.717, 1.165) is 25.7 Å². The second kappa shape index (κ2) is 10.1. The van der Waals surface area contributed by atoms with Gasteiger partial charge in [-0.3, -0.25) is 10.2 Å². The molecule has 0 spiro atoms. The number of aliphatic carboxylic acids is 1. The molecule has 27 heavy (non-hydrogen) atoms. The van der Waals surface area contributed by atoms with Crippen molar-refractivity contribution in [1.29, 1.82) is 0 Å². The van der Waals surface area contributed by atoms with E-state index in [-0.39, 0.29) is 18.9 Å². The van der Waals surface area contributed by atoms with Gasteiger partial charge in [0.2, 0.25) is 0 Å². The second-order valence-corrected chi connectivity index (χ2v) is 7.41. The number of rotatable bonds is 7. The number of hydrogen-bond acceptors (Lipinski definition) is 4. The van der Waals surface area contributed by atoms with E-state index in [4.69, 9.17) is 0 Å². The fourth-order valence-corrected chi connectivity index (χ4v) is 3.85. The topological polar surface area (TPSA) is 99.7 Å². The molecule has 0 radical (unpaired) electrons. The minimum atomic E-state index is -4.63. The van der Waals surface area contributed by atoms with Crippen LogP contribution in [-0.4, -0.2) is 41.7 Å². The van der Waals surface area contributed by atoms with E-state index in [1.807, 2.05) is 0 Å². The maximum atomic E-state index is 12.2. The van der Waals surface area contributed by atoms with Gasteiger partial charge in [-0.05, 0) is 38.0 Å². The van der Waals surface area contributed by atoms with Crippen molar-refractivity contribution in [3.05, 3.63) is 0 Å². The van der Waals surface area contributed by atoms with Crippen molar-refractivity contribution in [2.24, 2.45) is 5.92 Å². The number of amides is 2. The van der Waals surface area contributed by atoms with Gasteiger partial charge in [0, 0.05) is 6.04 Å². The van der Waals surface area contributed by atoms with Crippen LogP contribution < -0.4 is 16.2 Å². The number of carboxylic acids is 1. The molecule has 0 heterocycles. The predicted molar refractivity (Wildman–Crippen MR) is 90.6 cm³/mol. The Kier molecular flexibility index (Phi) is 8.15. The molecule has 1 atom stereocenters. The molecule has 0 aromatic heterocycles. The lowest BCUT2D eigenvalue weighted by Gasteiger charge is -2.30. The minimum absolute atomic E-state index is 0.176. The molecule has 0 saturated heterocycles. The Balaban J connectivity index is 1.67. The summed E-state index contributed by atoms with van der Waals surface area (Å²) in [6, 6.07) is -1.77. The van der Waals surface area contributed by atoms with Crippen LogP contribution in [0.25, 0.3) is 0 Å².